The molecule has 0 bridgehead atoms. The maximum absolute atomic E-state index is 12.6. The van der Waals surface area contributed by atoms with Crippen molar-refractivity contribution >= 4 is 23.6 Å². The summed E-state index contributed by atoms with van der Waals surface area (Å²) in [4.78, 5) is 25.8. The minimum atomic E-state index is -0.295. The number of esters is 1. The van der Waals surface area contributed by atoms with Crippen LogP contribution in [-0.4, -0.2) is 36.6 Å². The first-order valence-electron chi connectivity index (χ1n) is 8.58. The van der Waals surface area contributed by atoms with Gasteiger partial charge in [-0.2, -0.15) is 0 Å². The highest BCUT2D eigenvalue weighted by atomic mass is 35.5. The summed E-state index contributed by atoms with van der Waals surface area (Å²) < 4.78 is 4.87. The third-order valence-electron chi connectivity index (χ3n) is 4.19. The van der Waals surface area contributed by atoms with E-state index in [4.69, 9.17) is 16.3 Å². The number of carbonyl (C=O) groups is 2. The summed E-state index contributed by atoms with van der Waals surface area (Å²) in [5.74, 6) is -0.295. The van der Waals surface area contributed by atoms with Crippen LogP contribution in [0.25, 0.3) is 0 Å². The zero-order chi connectivity index (χ0) is 17.4. The van der Waals surface area contributed by atoms with Gasteiger partial charge in [-0.15, -0.1) is 0 Å². The summed E-state index contributed by atoms with van der Waals surface area (Å²) in [6, 6.07) is 7.51. The van der Waals surface area contributed by atoms with E-state index in [9.17, 15) is 9.59 Å². The van der Waals surface area contributed by atoms with E-state index in [1.165, 1.54) is 0 Å². The molecule has 0 aromatic heterocycles. The predicted molar refractivity (Wildman–Crippen MR) is 94.0 cm³/mol. The maximum atomic E-state index is 12.6. The molecule has 6 heteroatoms. The molecule has 0 aliphatic carbocycles. The van der Waals surface area contributed by atoms with Crippen molar-refractivity contribution in [2.75, 3.05) is 19.7 Å². The average Bonchev–Trinajstić information content (AvgIpc) is 2.81. The SMILES string of the molecule is CCOC(=O)CCNC(=O)N1CCCCCC1c1ccccc1Cl. The number of hydrogen-bond acceptors (Lipinski definition) is 3. The monoisotopic (exact) mass is 352 g/mol. The first kappa shape index (κ1) is 18.6. The molecule has 5 nitrogen and oxygen atoms in total. The van der Waals surface area contributed by atoms with Crippen LogP contribution in [0.15, 0.2) is 24.3 Å². The lowest BCUT2D eigenvalue weighted by atomic mass is 10.0. The van der Waals surface area contributed by atoms with E-state index in [1.54, 1.807) is 6.92 Å². The Kier molecular flexibility index (Phi) is 7.37. The van der Waals surface area contributed by atoms with Gasteiger partial charge in [-0.25, -0.2) is 4.79 Å². The first-order valence-corrected chi connectivity index (χ1v) is 8.95. The first-order chi connectivity index (χ1) is 11.6. The van der Waals surface area contributed by atoms with Crippen molar-refractivity contribution in [3.05, 3.63) is 34.9 Å². The van der Waals surface area contributed by atoms with Crippen LogP contribution in [0.4, 0.5) is 4.79 Å². The second kappa shape index (κ2) is 9.52. The van der Waals surface area contributed by atoms with E-state index in [0.717, 1.165) is 31.2 Å². The second-order valence-electron chi connectivity index (χ2n) is 5.87. The lowest BCUT2D eigenvalue weighted by Gasteiger charge is -2.31. The molecule has 1 heterocycles. The normalized spacial score (nSPS) is 17.9. The molecule has 1 saturated heterocycles. The molecular formula is C18H25ClN2O3. The van der Waals surface area contributed by atoms with Crippen LogP contribution in [0.3, 0.4) is 0 Å². The predicted octanol–water partition coefficient (Wildman–Crippen LogP) is 3.92. The van der Waals surface area contributed by atoms with Crippen molar-refractivity contribution in [2.45, 2.75) is 45.1 Å². The third kappa shape index (κ3) is 5.13. The number of nitrogens with one attached hydrogen (secondary N) is 1. The Hall–Kier alpha value is -1.75. The number of ether oxygens (including phenoxy) is 1. The molecule has 1 fully saturated rings. The van der Waals surface area contributed by atoms with Gasteiger partial charge < -0.3 is 15.0 Å². The van der Waals surface area contributed by atoms with E-state index < -0.39 is 0 Å². The number of amides is 2. The Bertz CT molecular complexity index is 565. The van der Waals surface area contributed by atoms with Crippen molar-refractivity contribution in [3.63, 3.8) is 0 Å². The number of halogens is 1. The summed E-state index contributed by atoms with van der Waals surface area (Å²) in [5, 5.41) is 3.52. The number of rotatable bonds is 5. The molecule has 1 aromatic carbocycles. The topological polar surface area (TPSA) is 58.6 Å². The van der Waals surface area contributed by atoms with Gasteiger partial charge in [0.05, 0.1) is 19.1 Å². The highest BCUT2D eigenvalue weighted by Crippen LogP contribution is 2.34. The van der Waals surface area contributed by atoms with Gasteiger partial charge in [0.25, 0.3) is 0 Å². The fourth-order valence-corrected chi connectivity index (χ4v) is 3.29. The molecule has 24 heavy (non-hydrogen) atoms. The molecular weight excluding hydrogens is 328 g/mol. The van der Waals surface area contributed by atoms with E-state index in [1.807, 2.05) is 29.2 Å². The molecule has 0 radical (unpaired) electrons. The summed E-state index contributed by atoms with van der Waals surface area (Å²) in [5.41, 5.74) is 0.988. The smallest absolute Gasteiger partial charge is 0.317 e. The lowest BCUT2D eigenvalue weighted by Crippen LogP contribution is -2.43. The Morgan fingerprint density at radius 1 is 1.29 bits per heavy atom. The molecule has 1 unspecified atom stereocenters. The minimum absolute atomic E-state index is 0.0243. The lowest BCUT2D eigenvalue weighted by molar-refractivity contribution is -0.142. The number of likely N-dealkylation sites (tertiary alicyclic amines) is 1. The van der Waals surface area contributed by atoms with Crippen LogP contribution in [0.2, 0.25) is 5.02 Å². The Morgan fingerprint density at radius 2 is 2.08 bits per heavy atom. The van der Waals surface area contributed by atoms with Gasteiger partial charge in [-0.1, -0.05) is 42.6 Å². The Balaban J connectivity index is 2.02. The van der Waals surface area contributed by atoms with Crippen molar-refractivity contribution in [2.24, 2.45) is 0 Å². The van der Waals surface area contributed by atoms with E-state index in [2.05, 4.69) is 5.32 Å². The third-order valence-corrected chi connectivity index (χ3v) is 4.53. The van der Waals surface area contributed by atoms with Gasteiger partial charge >= 0.3 is 12.0 Å². The molecule has 2 amide bonds. The summed E-state index contributed by atoms with van der Waals surface area (Å²) in [7, 11) is 0. The van der Waals surface area contributed by atoms with Crippen molar-refractivity contribution < 1.29 is 14.3 Å². The molecule has 1 N–H and O–H groups in total. The highest BCUT2D eigenvalue weighted by molar-refractivity contribution is 6.31. The highest BCUT2D eigenvalue weighted by Gasteiger charge is 2.27. The van der Waals surface area contributed by atoms with Gasteiger partial charge in [0.1, 0.15) is 0 Å². The molecule has 1 aliphatic rings. The summed E-state index contributed by atoms with van der Waals surface area (Å²) in [6.45, 7) is 3.10. The summed E-state index contributed by atoms with van der Waals surface area (Å²) in [6.07, 6.45) is 4.24. The molecule has 1 aliphatic heterocycles. The zero-order valence-electron chi connectivity index (χ0n) is 14.1. The van der Waals surface area contributed by atoms with E-state index in [-0.39, 0.29) is 31.0 Å². The second-order valence-corrected chi connectivity index (χ2v) is 6.27. The van der Waals surface area contributed by atoms with Crippen molar-refractivity contribution in [1.82, 2.24) is 10.2 Å². The molecule has 0 saturated carbocycles. The van der Waals surface area contributed by atoms with Gasteiger partial charge in [-0.05, 0) is 31.4 Å². The fourth-order valence-electron chi connectivity index (χ4n) is 3.03. The van der Waals surface area contributed by atoms with Crippen LogP contribution in [-0.2, 0) is 9.53 Å². The van der Waals surface area contributed by atoms with E-state index in [0.29, 0.717) is 18.2 Å². The maximum Gasteiger partial charge on any atom is 0.317 e. The van der Waals surface area contributed by atoms with E-state index >= 15 is 0 Å². The number of urea groups is 1. The van der Waals surface area contributed by atoms with Gasteiger partial charge in [0.2, 0.25) is 0 Å². The van der Waals surface area contributed by atoms with Crippen LogP contribution in [0.5, 0.6) is 0 Å². The number of carbonyl (C=O) groups excluding carboxylic acids is 2. The molecule has 0 spiro atoms. The molecule has 1 atom stereocenters. The van der Waals surface area contributed by atoms with Crippen LogP contribution < -0.4 is 5.32 Å². The largest absolute Gasteiger partial charge is 0.466 e. The molecule has 2 rings (SSSR count). The summed E-state index contributed by atoms with van der Waals surface area (Å²) >= 11 is 6.34. The van der Waals surface area contributed by atoms with Crippen molar-refractivity contribution in [1.29, 1.82) is 0 Å². The number of hydrogen-bond donors (Lipinski definition) is 1. The minimum Gasteiger partial charge on any atom is -0.466 e. The van der Waals surface area contributed by atoms with Crippen LogP contribution in [0, 0.1) is 0 Å². The number of benzene rings is 1. The Morgan fingerprint density at radius 3 is 2.83 bits per heavy atom. The number of nitrogens with zero attached hydrogens (tertiary/aromatic N) is 1. The van der Waals surface area contributed by atoms with Crippen LogP contribution >= 0.6 is 11.6 Å². The van der Waals surface area contributed by atoms with Gasteiger partial charge in [0, 0.05) is 18.1 Å². The average molecular weight is 353 g/mol. The zero-order valence-corrected chi connectivity index (χ0v) is 14.8. The van der Waals surface area contributed by atoms with Gasteiger partial charge in [-0.3, -0.25) is 4.79 Å². The van der Waals surface area contributed by atoms with Crippen LogP contribution in [0.1, 0.15) is 50.6 Å². The van der Waals surface area contributed by atoms with Gasteiger partial charge in [0.15, 0.2) is 0 Å². The molecule has 1 aromatic rings. The fraction of sp³-hybridized carbons (Fsp3) is 0.556. The molecule has 132 valence electrons. The standard InChI is InChI=1S/C18H25ClN2O3/c1-2-24-17(22)11-12-20-18(23)21-13-7-3-4-10-16(21)14-8-5-6-9-15(14)19/h5-6,8-9,16H,2-4,7,10-13H2,1H3,(H,20,23). The van der Waals surface area contributed by atoms with Crippen molar-refractivity contribution in [3.8, 4) is 0 Å². The Labute approximate surface area is 148 Å². The quantitative estimate of drug-likeness (QED) is 0.817.